The second-order valence-corrected chi connectivity index (χ2v) is 36.1. The molecule has 2 fully saturated rings. The van der Waals surface area contributed by atoms with E-state index < -0.39 is 27.8 Å². The Morgan fingerprint density at radius 2 is 0.894 bits per heavy atom. The van der Waals surface area contributed by atoms with Crippen molar-refractivity contribution < 1.29 is 91.8 Å². The summed E-state index contributed by atoms with van der Waals surface area (Å²) in [5.74, 6) is 2.18. The smallest absolute Gasteiger partial charge is 0.870 e. The number of hydrogen-bond acceptors (Lipinski definition) is 47. The van der Waals surface area contributed by atoms with Gasteiger partial charge in [0.25, 0.3) is 0 Å². The van der Waals surface area contributed by atoms with E-state index in [0.717, 1.165) is 154 Å². The number of aromatic carboxylic acids is 1. The number of carboxylic acid groups (broad SMARTS) is 1. The predicted molar refractivity (Wildman–Crippen MR) is 548 cm³/mol. The van der Waals surface area contributed by atoms with Gasteiger partial charge in [-0.05, 0) is 179 Å². The summed E-state index contributed by atoms with van der Waals surface area (Å²) in [6.07, 6.45) is 9.06. The van der Waals surface area contributed by atoms with E-state index in [1.807, 2.05) is 72.5 Å². The Morgan fingerprint density at radius 1 is 0.479 bits per heavy atom. The van der Waals surface area contributed by atoms with Crippen molar-refractivity contribution in [3.8, 4) is 11.5 Å². The fraction of sp³-hybridized carbons (Fsp3) is 0.212. The zero-order valence-electron chi connectivity index (χ0n) is 76.4. The van der Waals surface area contributed by atoms with Gasteiger partial charge in [0.2, 0.25) is 43.3 Å². The van der Waals surface area contributed by atoms with E-state index in [1.165, 1.54) is 65.0 Å². The Hall–Kier alpha value is -13.3. The zero-order valence-corrected chi connectivity index (χ0v) is 85.9. The van der Waals surface area contributed by atoms with Crippen LogP contribution in [0.25, 0.3) is 0 Å². The number of aromatic nitrogens is 12. The summed E-state index contributed by atoms with van der Waals surface area (Å²) >= 11 is 41.4. The molecular formula is C85H85Cl6LiN27O17S6-. The number of ether oxygens (including phenoxy) is 4. The molecule has 0 radical (unpaired) electrons. The van der Waals surface area contributed by atoms with Gasteiger partial charge in [0.05, 0.1) is 99.7 Å². The third-order valence-electron chi connectivity index (χ3n) is 19.3. The molecule has 742 valence electrons. The number of halogens is 6. The van der Waals surface area contributed by atoms with Crippen molar-refractivity contribution in [1.29, 1.82) is 0 Å². The number of esters is 2. The molecule has 0 aliphatic carbocycles. The molecule has 14 N–H and O–H groups in total. The number of hydrogen-bond donors (Lipinski definition) is 10. The second-order valence-electron chi connectivity index (χ2n) is 28.4. The number of carboxylic acids is 1. The van der Waals surface area contributed by atoms with Gasteiger partial charge in [-0.2, -0.15) is 29.5 Å². The quantitative estimate of drug-likeness (QED) is 0.00591. The van der Waals surface area contributed by atoms with Crippen molar-refractivity contribution >= 4 is 282 Å². The molecule has 0 spiro atoms. The molecule has 44 nitrogen and oxygen atoms in total. The van der Waals surface area contributed by atoms with Crippen molar-refractivity contribution in [3.05, 3.63) is 247 Å². The Morgan fingerprint density at radius 3 is 1.37 bits per heavy atom. The summed E-state index contributed by atoms with van der Waals surface area (Å²) < 4.78 is 20.2. The number of likely N-dealkylation sites (N-methyl/N-ethyl adjacent to an activating group) is 2. The monoisotopic (exact) mass is 2160 g/mol. The number of ketones is 2. The molecule has 0 unspecified atom stereocenters. The van der Waals surface area contributed by atoms with E-state index in [2.05, 4.69) is 147 Å². The largest absolute Gasteiger partial charge is 1.00 e. The summed E-state index contributed by atoms with van der Waals surface area (Å²) in [4.78, 5) is 154. The number of anilines is 17. The number of nitrogen functional groups attached to an aromatic ring is 3. The minimum Gasteiger partial charge on any atom is -0.870 e. The maximum absolute atomic E-state index is 12.4. The molecule has 0 atom stereocenters. The first-order chi connectivity index (χ1) is 66.6. The number of benzene rings is 2. The third kappa shape index (κ3) is 32.9. The van der Waals surface area contributed by atoms with Gasteiger partial charge >= 0.3 is 54.3 Å². The predicted octanol–water partition coefficient (Wildman–Crippen LogP) is 15.1. The summed E-state index contributed by atoms with van der Waals surface area (Å²) in [5.41, 5.74) is 26.7. The molecule has 12 aromatic heterocycles. The van der Waals surface area contributed by atoms with Gasteiger partial charge in [0, 0.05) is 135 Å². The zero-order chi connectivity index (χ0) is 101. The molecule has 2 saturated heterocycles. The second kappa shape index (κ2) is 56.3. The first kappa shape index (κ1) is 116. The number of nitrogens with zero attached hydrogens (tertiary/aromatic N) is 18. The van der Waals surface area contributed by atoms with Crippen molar-refractivity contribution in [1.82, 2.24) is 69.6 Å². The number of carbonyl (C=O) groups excluding carboxylic acids is 6. The molecule has 0 bridgehead atoms. The molecule has 18 rings (SSSR count). The van der Waals surface area contributed by atoms with Crippen LogP contribution >= 0.6 is 138 Å². The van der Waals surface area contributed by atoms with Gasteiger partial charge in [0.15, 0.2) is 17.4 Å². The average Bonchev–Trinajstić information content (AvgIpc) is 1.40. The summed E-state index contributed by atoms with van der Waals surface area (Å²) in [7, 11) is 10.2. The number of Topliss-reactive ketones (excluding diaryl/α,β-unsaturated/α-hetero) is 2. The Labute approximate surface area is 875 Å². The van der Waals surface area contributed by atoms with Gasteiger partial charge in [-0.1, -0.05) is 11.6 Å². The number of nitrogens with two attached hydrogens (primary N) is 3. The molecule has 0 amide bonds. The Balaban J connectivity index is 0.000000224. The molecule has 14 aromatic rings. The Kier molecular flexibility index (Phi) is 45.9. The van der Waals surface area contributed by atoms with Crippen LogP contribution in [-0.4, -0.2) is 221 Å². The van der Waals surface area contributed by atoms with Crippen LogP contribution < -0.4 is 87.2 Å². The van der Waals surface area contributed by atoms with E-state index >= 15 is 0 Å². The standard InChI is InChI=1S/C22H24N6O2S.C12H19N3O.C10H7ClN4O4S.C10H9ClN4O2S.C10H8ClN3O2S.C10H6ClN3OS.C5H7NS.C4HCl2N3O2.CO2.CH3.Li.H2O/c1-27-6-8-28(9-7-27)15-3-4-16(19(12-15)30-2)25-22-23-13-14-11-18(29)20-17(5-10-31-20)24-21(14)26-22;1-14-5-7-15(8-6-14)10-3-4-11(13)12(9-10)16-2;1-19-9(16)7-5(2-3-20-7)13-8-6(15(17)18)4-12-10(11)14-8;1-17-9(16)7-6(2-3-18-7)14-8-5(12)4-13-10(11)15-8;1-5-4-12-10(11)14-8(5)13-6-2-3-17-7(6)9(15)16;11-10-12-4-5-3-7(15)8-6(1-2-16-8)13-9(5)14-10;1-4-5(6)2-3-7-4;5-3-2(9(10)11)1-7-4(6)8-3;2-1-3;;;/h3-5,10,12-13H,6-9,11H2,1-2H3,(H2,23,24,25,26);3-4,9H,5-8,13H2,1-2H3;2-4H,1H3,(H,12,13,14);2-4H,12H2,1H3,(H,13,14,15);2-4H,1H3,(H,15,16)(H,12,13,14);1-2,4H,3H2,(H,12,13,14);2-3H,6H2,1H3;1H;;1H3;;1H2/q;;;;;;;;;-1;+1;/p-1. The van der Waals surface area contributed by atoms with Crippen molar-refractivity contribution in [2.75, 3.05) is 154 Å². The maximum Gasteiger partial charge on any atom is 1.00 e. The SMILES string of the molecule is COC(=O)c1sccc1Nc1nc(Cl)ncc1N.COC(=O)c1sccc1Nc1nc(Cl)ncc1[N+](=O)[O-].COc1cc(N2CCN(C)CC2)ccc1N.COc1cc(N2CCN(C)CC2)ccc1Nc1ncc2c(n1)Nc1ccsc1C(=O)C2.Cc1cnc(Cl)nc1Nc1ccsc1C(=O)O.Cc1sccc1N.O=C1Cc2cnc(Cl)nc2Nc2ccsc21.O=C=O.O=[N+]([O-])c1cnc(Cl)nc1Cl.[CH3-].[Li+].[OH-]. The van der Waals surface area contributed by atoms with Gasteiger partial charge in [0.1, 0.15) is 56.0 Å². The summed E-state index contributed by atoms with van der Waals surface area (Å²) in [5, 5.41) is 58.9. The normalized spacial score (nSPS) is 12.2. The summed E-state index contributed by atoms with van der Waals surface area (Å²) in [6.45, 7) is 12.2. The molecular weight excluding hydrogens is 2080 g/mol. The van der Waals surface area contributed by atoms with Crippen molar-refractivity contribution in [2.45, 2.75) is 26.7 Å². The van der Waals surface area contributed by atoms with E-state index in [-0.39, 0.29) is 108 Å². The van der Waals surface area contributed by atoms with Crippen LogP contribution in [0.3, 0.4) is 0 Å². The van der Waals surface area contributed by atoms with Gasteiger partial charge in [-0.25, -0.2) is 54.3 Å². The van der Waals surface area contributed by atoms with Gasteiger partial charge in [-0.15, -0.1) is 68.0 Å². The number of thiophene rings is 6. The number of aryl methyl sites for hydroxylation is 2. The number of nitrogens with one attached hydrogen (secondary N) is 6. The fourth-order valence-corrected chi connectivity index (χ4v) is 17.5. The Bertz CT molecular complexity index is 6710. The van der Waals surface area contributed by atoms with E-state index in [4.69, 9.17) is 111 Å². The number of piperazine rings is 2. The first-order valence-electron chi connectivity index (χ1n) is 40.0. The topological polar surface area (TPSA) is 611 Å². The number of carbonyl (C=O) groups is 5. The van der Waals surface area contributed by atoms with Crippen LogP contribution in [0, 0.1) is 41.5 Å². The van der Waals surface area contributed by atoms with Crippen LogP contribution in [0.15, 0.2) is 142 Å². The number of nitro groups is 2. The van der Waals surface area contributed by atoms with Crippen molar-refractivity contribution in [2.24, 2.45) is 0 Å². The first-order valence-corrected chi connectivity index (χ1v) is 47.5. The molecule has 16 heterocycles. The summed E-state index contributed by atoms with van der Waals surface area (Å²) in [6, 6.07) is 22.8. The molecule has 4 aliphatic heterocycles. The molecule has 2 aromatic carbocycles. The van der Waals surface area contributed by atoms with Crippen LogP contribution in [0.1, 0.15) is 69.9 Å². The van der Waals surface area contributed by atoms with E-state index in [0.29, 0.717) is 75.4 Å². The minimum absolute atomic E-state index is 0. The molecule has 142 heavy (non-hydrogen) atoms. The number of rotatable bonds is 17. The maximum atomic E-state index is 12.4. The molecule has 57 heteroatoms. The van der Waals surface area contributed by atoms with Crippen LogP contribution in [-0.2, 0) is 31.9 Å². The van der Waals surface area contributed by atoms with Crippen LogP contribution in [0.5, 0.6) is 11.5 Å². The van der Waals surface area contributed by atoms with Crippen LogP contribution in [0.2, 0.25) is 31.6 Å². The van der Waals surface area contributed by atoms with E-state index in [9.17, 15) is 44.2 Å². The molecule has 4 aliphatic rings. The number of fused-ring (bicyclic) bond motifs is 4. The van der Waals surface area contributed by atoms with Crippen LogP contribution in [0.4, 0.5) is 109 Å². The fourth-order valence-electron chi connectivity index (χ4n) is 12.2. The average molecular weight is 2170 g/mol. The van der Waals surface area contributed by atoms with Gasteiger partial charge in [-0.3, -0.25) is 29.8 Å². The van der Waals surface area contributed by atoms with E-state index in [1.54, 1.807) is 78.5 Å². The van der Waals surface area contributed by atoms with Gasteiger partial charge < -0.3 is 106 Å². The molecule has 0 saturated carbocycles. The minimum atomic E-state index is -0.972. The van der Waals surface area contributed by atoms with Crippen molar-refractivity contribution in [3.63, 3.8) is 0 Å². The third-order valence-corrected chi connectivity index (χ3v) is 25.9. The number of methoxy groups -OCH3 is 4.